The molecule has 0 saturated carbocycles. The van der Waals surface area contributed by atoms with Gasteiger partial charge in [-0.25, -0.2) is 0 Å². The first-order chi connectivity index (χ1) is 10.3. The van der Waals surface area contributed by atoms with Gasteiger partial charge in [-0.2, -0.15) is 0 Å². The second-order valence-electron chi connectivity index (χ2n) is 4.99. The van der Waals surface area contributed by atoms with Gasteiger partial charge < -0.3 is 9.47 Å². The number of hydrogen-bond acceptors (Lipinski definition) is 6. The van der Waals surface area contributed by atoms with Gasteiger partial charge in [0.15, 0.2) is 6.10 Å². The van der Waals surface area contributed by atoms with Crippen LogP contribution in [0.2, 0.25) is 0 Å². The maximum absolute atomic E-state index is 12.6. The number of benzene rings is 1. The molecule has 0 amide bonds. The molecule has 22 heavy (non-hydrogen) atoms. The molecule has 1 heterocycles. The van der Waals surface area contributed by atoms with Crippen LogP contribution in [0.5, 0.6) is 5.75 Å². The Hall–Kier alpha value is -1.96. The number of halogens is 1. The minimum atomic E-state index is -2.04. The monoisotopic (exact) mass is 371 g/mol. The molecular formula is C14H14BrNO6. The lowest BCUT2D eigenvalue weighted by Crippen LogP contribution is -2.58. The third-order valence-electron chi connectivity index (χ3n) is 3.58. The summed E-state index contributed by atoms with van der Waals surface area (Å²) in [7, 11) is 0. The fourth-order valence-corrected chi connectivity index (χ4v) is 2.64. The summed E-state index contributed by atoms with van der Waals surface area (Å²) in [5, 5.41) is 11.5. The van der Waals surface area contributed by atoms with Crippen LogP contribution in [-0.2, 0) is 9.53 Å². The fourth-order valence-electron chi connectivity index (χ4n) is 2.28. The van der Waals surface area contributed by atoms with Crippen molar-refractivity contribution in [2.75, 3.05) is 6.61 Å². The Morgan fingerprint density at radius 3 is 2.82 bits per heavy atom. The minimum absolute atomic E-state index is 0.119. The quantitative estimate of drug-likeness (QED) is 0.458. The Kier molecular flexibility index (Phi) is 4.50. The first kappa shape index (κ1) is 16.4. The van der Waals surface area contributed by atoms with Gasteiger partial charge in [0.05, 0.1) is 18.6 Å². The molecule has 7 nitrogen and oxygen atoms in total. The highest BCUT2D eigenvalue weighted by Gasteiger charge is 2.59. The Bertz CT molecular complexity index is 646. The van der Waals surface area contributed by atoms with Crippen LogP contribution in [0.15, 0.2) is 22.7 Å². The zero-order valence-electron chi connectivity index (χ0n) is 12.0. The van der Waals surface area contributed by atoms with E-state index < -0.39 is 28.3 Å². The summed E-state index contributed by atoms with van der Waals surface area (Å²) in [6.07, 6.45) is -1.59. The van der Waals surface area contributed by atoms with Crippen molar-refractivity contribution in [3.63, 3.8) is 0 Å². The van der Waals surface area contributed by atoms with E-state index in [0.29, 0.717) is 4.47 Å². The second-order valence-corrected chi connectivity index (χ2v) is 5.91. The molecular weight excluding hydrogens is 358 g/mol. The number of esters is 1. The highest BCUT2D eigenvalue weighted by molar-refractivity contribution is 9.10. The van der Waals surface area contributed by atoms with Crippen LogP contribution < -0.4 is 4.74 Å². The van der Waals surface area contributed by atoms with Crippen LogP contribution in [0.25, 0.3) is 0 Å². The number of rotatable bonds is 4. The summed E-state index contributed by atoms with van der Waals surface area (Å²) >= 11 is 3.22. The zero-order valence-corrected chi connectivity index (χ0v) is 13.6. The lowest BCUT2D eigenvalue weighted by molar-refractivity contribution is -0.556. The number of nitrogens with zero attached hydrogens (tertiary/aromatic N) is 1. The molecule has 1 aromatic rings. The summed E-state index contributed by atoms with van der Waals surface area (Å²) in [4.78, 5) is 35.0. The average molecular weight is 372 g/mol. The minimum Gasteiger partial charge on any atom is -0.481 e. The lowest BCUT2D eigenvalue weighted by Gasteiger charge is -2.33. The number of ketones is 1. The van der Waals surface area contributed by atoms with Gasteiger partial charge in [-0.15, -0.1) is 0 Å². The van der Waals surface area contributed by atoms with Gasteiger partial charge in [0.25, 0.3) is 0 Å². The lowest BCUT2D eigenvalue weighted by atomic mass is 9.82. The summed E-state index contributed by atoms with van der Waals surface area (Å²) in [6, 6.07) is 4.66. The molecule has 0 saturated heterocycles. The largest absolute Gasteiger partial charge is 0.481 e. The molecule has 0 bridgehead atoms. The van der Waals surface area contributed by atoms with Crippen molar-refractivity contribution in [1.82, 2.24) is 0 Å². The third kappa shape index (κ3) is 2.70. The van der Waals surface area contributed by atoms with Crippen LogP contribution in [-0.4, -0.2) is 34.9 Å². The van der Waals surface area contributed by atoms with Crippen molar-refractivity contribution < 1.29 is 24.0 Å². The molecule has 0 unspecified atom stereocenters. The summed E-state index contributed by atoms with van der Waals surface area (Å²) in [5.41, 5.74) is -1.92. The molecule has 0 aliphatic carbocycles. The van der Waals surface area contributed by atoms with E-state index in [9.17, 15) is 19.7 Å². The number of carbonyl (C=O) groups excluding carboxylic acids is 2. The van der Waals surface area contributed by atoms with Crippen LogP contribution >= 0.6 is 15.9 Å². The SMILES string of the molecule is CCOC(=O)C[C@H]1Oc2ccc(Br)cc2C(=O)[C@]1(C)[N+](=O)[O-]. The van der Waals surface area contributed by atoms with E-state index in [2.05, 4.69) is 15.9 Å². The van der Waals surface area contributed by atoms with Crippen molar-refractivity contribution >= 4 is 27.7 Å². The van der Waals surface area contributed by atoms with Crippen LogP contribution in [0.1, 0.15) is 30.6 Å². The van der Waals surface area contributed by atoms with Crippen LogP contribution in [0.4, 0.5) is 0 Å². The van der Waals surface area contributed by atoms with Crippen LogP contribution in [0, 0.1) is 10.1 Å². The standard InChI is InChI=1S/C14H14BrNO6/c1-3-21-12(17)7-11-14(2,16(19)20)13(18)9-6-8(15)4-5-10(9)22-11/h4-6,11H,3,7H2,1-2H3/t11-,14-/m1/s1. The van der Waals surface area contributed by atoms with E-state index >= 15 is 0 Å². The molecule has 118 valence electrons. The Labute approximate surface area is 134 Å². The Morgan fingerprint density at radius 1 is 1.55 bits per heavy atom. The summed E-state index contributed by atoms with van der Waals surface area (Å²) in [5.74, 6) is -1.11. The van der Waals surface area contributed by atoms with Crippen molar-refractivity contribution in [3.05, 3.63) is 38.3 Å². The first-order valence-electron chi connectivity index (χ1n) is 6.61. The van der Waals surface area contributed by atoms with Crippen molar-refractivity contribution in [1.29, 1.82) is 0 Å². The van der Waals surface area contributed by atoms with Gasteiger partial charge in [0.2, 0.25) is 5.78 Å². The maximum atomic E-state index is 12.6. The smallest absolute Gasteiger partial charge is 0.317 e. The molecule has 1 aliphatic heterocycles. The zero-order chi connectivity index (χ0) is 16.5. The van der Waals surface area contributed by atoms with Gasteiger partial charge in [-0.3, -0.25) is 19.7 Å². The topological polar surface area (TPSA) is 95.7 Å². The van der Waals surface area contributed by atoms with Gasteiger partial charge >= 0.3 is 11.5 Å². The van der Waals surface area contributed by atoms with Crippen molar-refractivity contribution in [2.45, 2.75) is 31.9 Å². The van der Waals surface area contributed by atoms with Gasteiger partial charge in [0.1, 0.15) is 5.75 Å². The fraction of sp³-hybridized carbons (Fsp3) is 0.429. The van der Waals surface area contributed by atoms with E-state index in [-0.39, 0.29) is 24.3 Å². The number of carbonyl (C=O) groups is 2. The van der Waals surface area contributed by atoms with E-state index in [1.807, 2.05) is 0 Å². The molecule has 0 radical (unpaired) electrons. The van der Waals surface area contributed by atoms with E-state index in [1.165, 1.54) is 19.1 Å². The molecule has 0 N–H and O–H groups in total. The molecule has 1 aromatic carbocycles. The summed E-state index contributed by atoms with van der Waals surface area (Å²) in [6.45, 7) is 2.95. The predicted molar refractivity (Wildman–Crippen MR) is 79.5 cm³/mol. The van der Waals surface area contributed by atoms with E-state index in [1.54, 1.807) is 13.0 Å². The Morgan fingerprint density at radius 2 is 2.23 bits per heavy atom. The molecule has 0 aromatic heterocycles. The normalized spacial score (nSPS) is 23.4. The number of hydrogen-bond donors (Lipinski definition) is 0. The number of ether oxygens (including phenoxy) is 2. The van der Waals surface area contributed by atoms with Gasteiger partial charge in [-0.05, 0) is 25.1 Å². The molecule has 0 spiro atoms. The van der Waals surface area contributed by atoms with E-state index in [4.69, 9.17) is 9.47 Å². The number of nitro groups is 1. The average Bonchev–Trinajstić information content (AvgIpc) is 2.45. The summed E-state index contributed by atoms with van der Waals surface area (Å²) < 4.78 is 11.0. The maximum Gasteiger partial charge on any atom is 0.317 e. The van der Waals surface area contributed by atoms with Gasteiger partial charge in [0, 0.05) is 16.3 Å². The highest BCUT2D eigenvalue weighted by atomic mass is 79.9. The molecule has 2 atom stereocenters. The van der Waals surface area contributed by atoms with E-state index in [0.717, 1.165) is 0 Å². The molecule has 1 aliphatic rings. The number of Topliss-reactive ketones (excluding diaryl/α,β-unsaturated/α-hetero) is 1. The Balaban J connectivity index is 2.45. The molecule has 0 fully saturated rings. The second kappa shape index (κ2) is 6.04. The third-order valence-corrected chi connectivity index (χ3v) is 4.07. The van der Waals surface area contributed by atoms with Crippen LogP contribution in [0.3, 0.4) is 0 Å². The predicted octanol–water partition coefficient (Wildman–Crippen LogP) is 2.38. The number of fused-ring (bicyclic) bond motifs is 1. The highest BCUT2D eigenvalue weighted by Crippen LogP contribution is 2.37. The van der Waals surface area contributed by atoms with Crippen molar-refractivity contribution in [2.24, 2.45) is 0 Å². The van der Waals surface area contributed by atoms with Gasteiger partial charge in [-0.1, -0.05) is 15.9 Å². The first-order valence-corrected chi connectivity index (χ1v) is 7.41. The van der Waals surface area contributed by atoms with Crippen molar-refractivity contribution in [3.8, 4) is 5.75 Å². The molecule has 8 heteroatoms. The molecule has 2 rings (SSSR count).